The van der Waals surface area contributed by atoms with Crippen LogP contribution in [0.25, 0.3) is 0 Å². The number of nitro benzene ring substituents is 1. The first-order valence-corrected chi connectivity index (χ1v) is 8.88. The highest BCUT2D eigenvalue weighted by Gasteiger charge is 2.38. The van der Waals surface area contributed by atoms with Crippen LogP contribution in [0.4, 0.5) is 11.4 Å². The smallest absolute Gasteiger partial charge is 0.271 e. The van der Waals surface area contributed by atoms with Gasteiger partial charge in [-0.15, -0.1) is 0 Å². The van der Waals surface area contributed by atoms with Crippen LogP contribution in [-0.4, -0.2) is 19.0 Å². The van der Waals surface area contributed by atoms with E-state index in [4.69, 9.17) is 11.6 Å². The van der Waals surface area contributed by atoms with E-state index >= 15 is 0 Å². The Bertz CT molecular complexity index is 907. The van der Waals surface area contributed by atoms with E-state index < -0.39 is 10.5 Å². The van der Waals surface area contributed by atoms with Gasteiger partial charge in [-0.3, -0.25) is 10.1 Å². The quantitative estimate of drug-likeness (QED) is 0.365. The number of nitrogens with one attached hydrogen (secondary N) is 2. The lowest BCUT2D eigenvalue weighted by Crippen LogP contribution is -2.42. The maximum Gasteiger partial charge on any atom is 0.271 e. The molecule has 0 unspecified atom stereocenters. The Morgan fingerprint density at radius 2 is 1.44 bits per heavy atom. The molecule has 27 heavy (non-hydrogen) atoms. The number of halogens is 1. The number of hydrogen-bond acceptors (Lipinski definition) is 4. The summed E-state index contributed by atoms with van der Waals surface area (Å²) in [6.45, 7) is 0. The van der Waals surface area contributed by atoms with Gasteiger partial charge in [-0.2, -0.15) is 0 Å². The van der Waals surface area contributed by atoms with Gasteiger partial charge in [0.1, 0.15) is 0 Å². The normalized spacial score (nSPS) is 11.2. The summed E-state index contributed by atoms with van der Waals surface area (Å²) in [4.78, 5) is 11.1. The van der Waals surface area contributed by atoms with Gasteiger partial charge in [0.05, 0.1) is 21.2 Å². The zero-order valence-corrected chi connectivity index (χ0v) is 15.8. The van der Waals surface area contributed by atoms with Crippen LogP contribution in [0.1, 0.15) is 16.7 Å². The Morgan fingerprint density at radius 3 is 1.85 bits per heavy atom. The van der Waals surface area contributed by atoms with E-state index in [1.165, 1.54) is 6.07 Å². The number of nitrogens with zero attached hydrogens (tertiary/aromatic N) is 1. The molecular formula is C21H20ClN3O2. The molecule has 6 heteroatoms. The van der Waals surface area contributed by atoms with Crippen LogP contribution in [0.15, 0.2) is 72.8 Å². The minimum Gasteiger partial charge on any atom is -0.387 e. The van der Waals surface area contributed by atoms with Gasteiger partial charge < -0.3 is 10.6 Å². The summed E-state index contributed by atoms with van der Waals surface area (Å²) in [5, 5.41) is 18.3. The van der Waals surface area contributed by atoms with Crippen molar-refractivity contribution in [3.05, 3.63) is 105 Å². The molecule has 0 radical (unpaired) electrons. The van der Waals surface area contributed by atoms with Crippen LogP contribution in [0.2, 0.25) is 5.02 Å². The molecule has 0 spiro atoms. The highest BCUT2D eigenvalue weighted by Crippen LogP contribution is 2.44. The minimum absolute atomic E-state index is 0.0229. The maximum atomic E-state index is 11.5. The average molecular weight is 382 g/mol. The standard InChI is InChI=1S/C21H20ClN3O2/c1-23-19-14-17(25(26)27)13-18(20(19)22)21(24-2,15-9-5-3-6-10-15)16-11-7-4-8-12-16/h3-14,23-24H,1-2H3. The maximum absolute atomic E-state index is 11.5. The summed E-state index contributed by atoms with van der Waals surface area (Å²) < 4.78 is 0. The summed E-state index contributed by atoms with van der Waals surface area (Å²) in [5.74, 6) is 0. The minimum atomic E-state index is -0.850. The van der Waals surface area contributed by atoms with Crippen LogP contribution in [0.3, 0.4) is 0 Å². The van der Waals surface area contributed by atoms with Crippen molar-refractivity contribution in [3.8, 4) is 0 Å². The molecule has 0 aromatic heterocycles. The summed E-state index contributed by atoms with van der Waals surface area (Å²) in [6.07, 6.45) is 0. The highest BCUT2D eigenvalue weighted by molar-refractivity contribution is 6.34. The third-order valence-corrected chi connectivity index (χ3v) is 5.14. The summed E-state index contributed by atoms with van der Waals surface area (Å²) in [6, 6.07) is 22.5. The first kappa shape index (κ1) is 18.9. The third-order valence-electron chi connectivity index (χ3n) is 4.73. The van der Waals surface area contributed by atoms with Crippen molar-refractivity contribution in [2.75, 3.05) is 19.4 Å². The number of benzene rings is 3. The lowest BCUT2D eigenvalue weighted by atomic mass is 9.76. The molecule has 3 aromatic carbocycles. The van der Waals surface area contributed by atoms with Gasteiger partial charge in [0.2, 0.25) is 0 Å². The average Bonchev–Trinajstić information content (AvgIpc) is 2.71. The van der Waals surface area contributed by atoms with Crippen molar-refractivity contribution in [1.82, 2.24) is 5.32 Å². The predicted molar refractivity (Wildman–Crippen MR) is 109 cm³/mol. The fourth-order valence-electron chi connectivity index (χ4n) is 3.45. The van der Waals surface area contributed by atoms with Crippen LogP contribution >= 0.6 is 11.6 Å². The topological polar surface area (TPSA) is 67.2 Å². The third kappa shape index (κ3) is 3.27. The first-order valence-electron chi connectivity index (χ1n) is 8.50. The Morgan fingerprint density at radius 1 is 0.926 bits per heavy atom. The molecule has 5 nitrogen and oxygen atoms in total. The second kappa shape index (κ2) is 7.78. The van der Waals surface area contributed by atoms with Crippen molar-refractivity contribution in [2.45, 2.75) is 5.54 Å². The van der Waals surface area contributed by atoms with Crippen molar-refractivity contribution >= 4 is 23.0 Å². The molecule has 0 saturated carbocycles. The molecule has 0 atom stereocenters. The zero-order valence-electron chi connectivity index (χ0n) is 15.1. The van der Waals surface area contributed by atoms with E-state index in [2.05, 4.69) is 10.6 Å². The molecule has 2 N–H and O–H groups in total. The number of hydrogen-bond donors (Lipinski definition) is 2. The van der Waals surface area contributed by atoms with Gasteiger partial charge in [-0.05, 0) is 18.2 Å². The van der Waals surface area contributed by atoms with Crippen molar-refractivity contribution in [3.63, 3.8) is 0 Å². The number of non-ortho nitro benzene ring substituents is 1. The number of nitro groups is 1. The summed E-state index contributed by atoms with van der Waals surface area (Å²) >= 11 is 6.72. The van der Waals surface area contributed by atoms with E-state index in [9.17, 15) is 10.1 Å². The molecule has 0 heterocycles. The van der Waals surface area contributed by atoms with Gasteiger partial charge in [0, 0.05) is 24.7 Å². The van der Waals surface area contributed by atoms with Gasteiger partial charge in [-0.1, -0.05) is 72.3 Å². The molecule has 0 amide bonds. The van der Waals surface area contributed by atoms with Crippen molar-refractivity contribution in [2.24, 2.45) is 0 Å². The summed E-state index contributed by atoms with van der Waals surface area (Å²) in [5.41, 5.74) is 2.11. The SMILES string of the molecule is CNc1cc([N+](=O)[O-])cc(C(NC)(c2ccccc2)c2ccccc2)c1Cl. The Balaban J connectivity index is 2.42. The van der Waals surface area contributed by atoms with E-state index in [0.29, 0.717) is 16.3 Å². The molecule has 0 aliphatic rings. The lowest BCUT2D eigenvalue weighted by molar-refractivity contribution is -0.384. The second-order valence-electron chi connectivity index (χ2n) is 6.09. The summed E-state index contributed by atoms with van der Waals surface area (Å²) in [7, 11) is 3.52. The van der Waals surface area contributed by atoms with Crippen LogP contribution in [0.5, 0.6) is 0 Å². The van der Waals surface area contributed by atoms with Gasteiger partial charge in [-0.25, -0.2) is 0 Å². The van der Waals surface area contributed by atoms with Crippen LogP contribution < -0.4 is 10.6 Å². The van der Waals surface area contributed by atoms with Crippen molar-refractivity contribution in [1.29, 1.82) is 0 Å². The molecule has 0 aliphatic heterocycles. The van der Waals surface area contributed by atoms with Gasteiger partial charge >= 0.3 is 0 Å². The van der Waals surface area contributed by atoms with Crippen molar-refractivity contribution < 1.29 is 4.92 Å². The molecule has 0 aliphatic carbocycles. The van der Waals surface area contributed by atoms with Gasteiger partial charge in [0.15, 0.2) is 0 Å². The first-order chi connectivity index (χ1) is 13.0. The van der Waals surface area contributed by atoms with E-state index in [1.807, 2.05) is 67.7 Å². The molecule has 0 fully saturated rings. The molecule has 0 bridgehead atoms. The Hall–Kier alpha value is -2.89. The zero-order chi connectivity index (χ0) is 19.4. The highest BCUT2D eigenvalue weighted by atomic mass is 35.5. The predicted octanol–water partition coefficient (Wildman–Crippen LogP) is 4.80. The Labute approximate surface area is 163 Å². The monoisotopic (exact) mass is 381 g/mol. The molecule has 3 aromatic rings. The largest absolute Gasteiger partial charge is 0.387 e. The molecule has 0 saturated heterocycles. The van der Waals surface area contributed by atoms with Gasteiger partial charge in [0.25, 0.3) is 5.69 Å². The van der Waals surface area contributed by atoms with E-state index in [0.717, 1.165) is 11.1 Å². The fourth-order valence-corrected chi connectivity index (χ4v) is 3.79. The van der Waals surface area contributed by atoms with E-state index in [-0.39, 0.29) is 5.69 Å². The number of anilines is 1. The van der Waals surface area contributed by atoms with Crippen LogP contribution in [-0.2, 0) is 5.54 Å². The fraction of sp³-hybridized carbons (Fsp3) is 0.143. The molecule has 138 valence electrons. The van der Waals surface area contributed by atoms with Crippen LogP contribution in [0, 0.1) is 10.1 Å². The lowest BCUT2D eigenvalue weighted by Gasteiger charge is -2.36. The molecular weight excluding hydrogens is 362 g/mol. The second-order valence-corrected chi connectivity index (χ2v) is 6.47. The Kier molecular flexibility index (Phi) is 5.44. The number of rotatable bonds is 6. The van der Waals surface area contributed by atoms with E-state index in [1.54, 1.807) is 13.1 Å². The molecule has 3 rings (SSSR count).